The summed E-state index contributed by atoms with van der Waals surface area (Å²) in [7, 11) is 0. The molecule has 0 atom stereocenters. The zero-order chi connectivity index (χ0) is 14.1. The van der Waals surface area contributed by atoms with Crippen molar-refractivity contribution < 1.29 is 4.79 Å². The summed E-state index contributed by atoms with van der Waals surface area (Å²) in [4.78, 5) is 15.3. The van der Waals surface area contributed by atoms with Crippen LogP contribution in [0, 0.1) is 0 Å². The Morgan fingerprint density at radius 1 is 1.15 bits per heavy atom. The highest BCUT2D eigenvalue weighted by Crippen LogP contribution is 2.26. The van der Waals surface area contributed by atoms with Crippen molar-refractivity contribution in [2.24, 2.45) is 0 Å². The molecule has 5 heteroatoms. The van der Waals surface area contributed by atoms with Crippen LogP contribution in [0.3, 0.4) is 0 Å². The molecule has 0 aliphatic rings. The molecule has 0 aliphatic carbocycles. The molecule has 20 heavy (non-hydrogen) atoms. The Hall–Kier alpha value is -1.78. The molecule has 0 spiro atoms. The number of anilines is 1. The average Bonchev–Trinajstić information content (AvgIpc) is 2.90. The zero-order valence-corrected chi connectivity index (χ0v) is 12.6. The Morgan fingerprint density at radius 3 is 2.80 bits per heavy atom. The van der Waals surface area contributed by atoms with E-state index in [2.05, 4.69) is 26.2 Å². The van der Waals surface area contributed by atoms with E-state index in [0.717, 1.165) is 15.4 Å². The molecule has 0 saturated heterocycles. The van der Waals surface area contributed by atoms with E-state index in [-0.39, 0.29) is 5.91 Å². The highest BCUT2D eigenvalue weighted by atomic mass is 79.9. The van der Waals surface area contributed by atoms with Gasteiger partial charge in [-0.1, -0.05) is 17.7 Å². The van der Waals surface area contributed by atoms with E-state index in [4.69, 9.17) is 11.6 Å². The van der Waals surface area contributed by atoms with Gasteiger partial charge in [-0.05, 0) is 57.7 Å². The van der Waals surface area contributed by atoms with E-state index in [1.807, 2.05) is 24.4 Å². The van der Waals surface area contributed by atoms with Gasteiger partial charge in [0.25, 0.3) is 5.91 Å². The number of benzene rings is 2. The van der Waals surface area contributed by atoms with Crippen LogP contribution in [0.25, 0.3) is 10.9 Å². The summed E-state index contributed by atoms with van der Waals surface area (Å²) < 4.78 is 0.747. The zero-order valence-electron chi connectivity index (χ0n) is 10.3. The summed E-state index contributed by atoms with van der Waals surface area (Å²) in [6.07, 6.45) is 1.85. The highest BCUT2D eigenvalue weighted by molar-refractivity contribution is 9.10. The van der Waals surface area contributed by atoms with Gasteiger partial charge >= 0.3 is 0 Å². The molecule has 3 nitrogen and oxygen atoms in total. The molecule has 2 N–H and O–H groups in total. The second-order valence-electron chi connectivity index (χ2n) is 4.36. The number of halogens is 2. The van der Waals surface area contributed by atoms with Crippen LogP contribution in [0.5, 0.6) is 0 Å². The Labute approximate surface area is 129 Å². The summed E-state index contributed by atoms with van der Waals surface area (Å²) in [5.41, 5.74) is 2.24. The number of amides is 1. The van der Waals surface area contributed by atoms with Gasteiger partial charge < -0.3 is 10.3 Å². The topological polar surface area (TPSA) is 44.9 Å². The molecule has 0 radical (unpaired) electrons. The maximum atomic E-state index is 12.2. The van der Waals surface area contributed by atoms with Crippen LogP contribution < -0.4 is 5.32 Å². The summed E-state index contributed by atoms with van der Waals surface area (Å²) in [5, 5.41) is 4.53. The number of nitrogens with one attached hydrogen (secondary N) is 2. The van der Waals surface area contributed by atoms with Gasteiger partial charge in [-0.2, -0.15) is 0 Å². The van der Waals surface area contributed by atoms with Crippen molar-refractivity contribution in [2.75, 3.05) is 5.32 Å². The first-order valence-electron chi connectivity index (χ1n) is 5.97. The van der Waals surface area contributed by atoms with Crippen LogP contribution in [0.2, 0.25) is 5.02 Å². The van der Waals surface area contributed by atoms with E-state index in [9.17, 15) is 4.79 Å². The fraction of sp³-hybridized carbons (Fsp3) is 0. The first kappa shape index (κ1) is 13.2. The fourth-order valence-electron chi connectivity index (χ4n) is 1.97. The smallest absolute Gasteiger partial charge is 0.255 e. The Balaban J connectivity index is 1.86. The molecule has 0 saturated carbocycles. The summed E-state index contributed by atoms with van der Waals surface area (Å²) >= 11 is 9.25. The van der Waals surface area contributed by atoms with Crippen LogP contribution in [-0.4, -0.2) is 10.9 Å². The molecule has 100 valence electrons. The molecule has 0 aliphatic heterocycles. The minimum atomic E-state index is -0.157. The van der Waals surface area contributed by atoms with E-state index in [0.29, 0.717) is 16.3 Å². The second kappa shape index (κ2) is 5.31. The van der Waals surface area contributed by atoms with Gasteiger partial charge in [0.2, 0.25) is 0 Å². The van der Waals surface area contributed by atoms with Gasteiger partial charge in [0, 0.05) is 27.4 Å². The number of aromatic nitrogens is 1. The molecule has 1 heterocycles. The predicted octanol–water partition coefficient (Wildman–Crippen LogP) is 4.84. The third-order valence-electron chi connectivity index (χ3n) is 2.99. The van der Waals surface area contributed by atoms with Gasteiger partial charge in [-0.3, -0.25) is 4.79 Å². The predicted molar refractivity (Wildman–Crippen MR) is 85.4 cm³/mol. The average molecular weight is 350 g/mol. The second-order valence-corrected chi connectivity index (χ2v) is 5.62. The number of carbonyl (C=O) groups excluding carboxylic acids is 1. The van der Waals surface area contributed by atoms with Crippen LogP contribution in [0.15, 0.2) is 53.1 Å². The minimum Gasteiger partial charge on any atom is -0.361 e. The van der Waals surface area contributed by atoms with Crippen molar-refractivity contribution in [3.05, 3.63) is 63.7 Å². The number of H-pyrrole nitrogens is 1. The lowest BCUT2D eigenvalue weighted by Gasteiger charge is -2.06. The quantitative estimate of drug-likeness (QED) is 0.683. The van der Waals surface area contributed by atoms with Crippen molar-refractivity contribution in [3.8, 4) is 0 Å². The van der Waals surface area contributed by atoms with Crippen LogP contribution >= 0.6 is 27.5 Å². The first-order chi connectivity index (χ1) is 9.63. The maximum absolute atomic E-state index is 12.2. The SMILES string of the molecule is O=C(Nc1ccc(Cl)c(Br)c1)c1ccc2cc[nH]c2c1. The third kappa shape index (κ3) is 2.57. The number of rotatable bonds is 2. The van der Waals surface area contributed by atoms with Gasteiger partial charge in [0.05, 0.1) is 5.02 Å². The molecule has 1 aromatic heterocycles. The fourth-order valence-corrected chi connectivity index (χ4v) is 2.46. The monoisotopic (exact) mass is 348 g/mol. The lowest BCUT2D eigenvalue weighted by atomic mass is 10.1. The van der Waals surface area contributed by atoms with E-state index >= 15 is 0 Å². The molecule has 1 amide bonds. The number of fused-ring (bicyclic) bond motifs is 1. The molecule has 3 rings (SSSR count). The Morgan fingerprint density at radius 2 is 2.00 bits per heavy atom. The van der Waals surface area contributed by atoms with E-state index in [1.54, 1.807) is 24.3 Å². The van der Waals surface area contributed by atoms with Crippen molar-refractivity contribution >= 4 is 50.0 Å². The van der Waals surface area contributed by atoms with Crippen molar-refractivity contribution in [1.29, 1.82) is 0 Å². The normalized spacial score (nSPS) is 10.7. The maximum Gasteiger partial charge on any atom is 0.255 e. The number of aromatic amines is 1. The summed E-state index contributed by atoms with van der Waals surface area (Å²) in [6.45, 7) is 0. The van der Waals surface area contributed by atoms with Gasteiger partial charge in [-0.15, -0.1) is 0 Å². The standard InChI is InChI=1S/C15H10BrClN2O/c16-12-8-11(3-4-13(12)17)19-15(20)10-2-1-9-5-6-18-14(9)7-10/h1-8,18H,(H,19,20). The largest absolute Gasteiger partial charge is 0.361 e. The summed E-state index contributed by atoms with van der Waals surface area (Å²) in [6, 6.07) is 12.8. The van der Waals surface area contributed by atoms with Crippen LogP contribution in [-0.2, 0) is 0 Å². The molecular formula is C15H10BrClN2O. The lowest BCUT2D eigenvalue weighted by Crippen LogP contribution is -2.11. The molecule has 0 unspecified atom stereocenters. The molecular weight excluding hydrogens is 340 g/mol. The number of hydrogen-bond donors (Lipinski definition) is 2. The van der Waals surface area contributed by atoms with Crippen molar-refractivity contribution in [2.45, 2.75) is 0 Å². The van der Waals surface area contributed by atoms with Crippen molar-refractivity contribution in [3.63, 3.8) is 0 Å². The minimum absolute atomic E-state index is 0.157. The molecule has 0 bridgehead atoms. The number of carbonyl (C=O) groups is 1. The first-order valence-corrected chi connectivity index (χ1v) is 7.14. The van der Waals surface area contributed by atoms with E-state index < -0.39 is 0 Å². The Bertz CT molecular complexity index is 797. The Kier molecular flexibility index (Phi) is 3.51. The van der Waals surface area contributed by atoms with Crippen LogP contribution in [0.1, 0.15) is 10.4 Å². The molecule has 0 fully saturated rings. The highest BCUT2D eigenvalue weighted by Gasteiger charge is 2.08. The van der Waals surface area contributed by atoms with Gasteiger partial charge in [0.15, 0.2) is 0 Å². The van der Waals surface area contributed by atoms with Crippen LogP contribution in [0.4, 0.5) is 5.69 Å². The third-order valence-corrected chi connectivity index (χ3v) is 4.21. The molecule has 2 aromatic carbocycles. The molecule has 3 aromatic rings. The lowest BCUT2D eigenvalue weighted by molar-refractivity contribution is 0.102. The van der Waals surface area contributed by atoms with E-state index in [1.165, 1.54) is 0 Å². The van der Waals surface area contributed by atoms with Gasteiger partial charge in [0.1, 0.15) is 0 Å². The van der Waals surface area contributed by atoms with Crippen molar-refractivity contribution in [1.82, 2.24) is 4.98 Å². The van der Waals surface area contributed by atoms with Gasteiger partial charge in [-0.25, -0.2) is 0 Å². The summed E-state index contributed by atoms with van der Waals surface area (Å²) in [5.74, 6) is -0.157. The number of hydrogen-bond acceptors (Lipinski definition) is 1.